The van der Waals surface area contributed by atoms with Gasteiger partial charge in [0.05, 0.1) is 0 Å². The highest BCUT2D eigenvalue weighted by atomic mass is 16.5. The van der Waals surface area contributed by atoms with Crippen LogP contribution in [0.15, 0.2) is 109 Å². The van der Waals surface area contributed by atoms with E-state index in [4.69, 9.17) is 25.5 Å². The van der Waals surface area contributed by atoms with Crippen molar-refractivity contribution in [3.8, 4) is 11.5 Å². The molecule has 0 aliphatic heterocycles. The van der Waals surface area contributed by atoms with Crippen molar-refractivity contribution in [3.63, 3.8) is 0 Å². The number of hydrogen-bond donors (Lipinski definition) is 4. The number of hydrogen-bond acceptors (Lipinski definition) is 7. The zero-order chi connectivity index (χ0) is 28.5. The largest absolute Gasteiger partial charge is 0.457 e. The highest BCUT2D eigenvalue weighted by Crippen LogP contribution is 2.19. The second-order valence-corrected chi connectivity index (χ2v) is 9.64. The Bertz CT molecular complexity index is 1150. The Morgan fingerprint density at radius 2 is 0.829 bits per heavy atom. The summed E-state index contributed by atoms with van der Waals surface area (Å²) in [4.78, 5) is 0. The average Bonchev–Trinajstić information content (AvgIpc) is 3.03. The first kappa shape index (κ1) is 30.5. The first-order valence-corrected chi connectivity index (χ1v) is 14.3. The molecule has 0 fully saturated rings. The molecule has 4 aromatic carbocycles. The third kappa shape index (κ3) is 9.86. The summed E-state index contributed by atoms with van der Waals surface area (Å²) in [7, 11) is 0. The standard InChI is InChI=1S/C32H40B2N4O3/c35-19-21-37-23-25-39-33(27-7-3-1-4-8-27)29-11-15-31(16-12-29)41-32-17-13-30(14-18-32)34(28-9-5-2-6-10-28)40-26-24-38-22-20-36/h1-18,37-38H,19-26,35-36H2. The summed E-state index contributed by atoms with van der Waals surface area (Å²) in [6, 6.07) is 36.7. The molecule has 0 saturated heterocycles. The third-order valence-corrected chi connectivity index (χ3v) is 6.57. The molecule has 212 valence electrons. The van der Waals surface area contributed by atoms with E-state index in [-0.39, 0.29) is 13.8 Å². The van der Waals surface area contributed by atoms with E-state index in [0.717, 1.165) is 59.5 Å². The topological polar surface area (TPSA) is 104 Å². The van der Waals surface area contributed by atoms with Gasteiger partial charge in [-0.2, -0.15) is 0 Å². The summed E-state index contributed by atoms with van der Waals surface area (Å²) in [6.45, 7) is 5.12. The molecule has 6 N–H and O–H groups in total. The Morgan fingerprint density at radius 1 is 0.463 bits per heavy atom. The predicted molar refractivity (Wildman–Crippen MR) is 172 cm³/mol. The van der Waals surface area contributed by atoms with Crippen molar-refractivity contribution in [3.05, 3.63) is 109 Å². The third-order valence-electron chi connectivity index (χ3n) is 6.57. The van der Waals surface area contributed by atoms with Crippen LogP contribution in [0, 0.1) is 0 Å². The highest BCUT2D eigenvalue weighted by Gasteiger charge is 2.22. The monoisotopic (exact) mass is 550 g/mol. The van der Waals surface area contributed by atoms with Crippen molar-refractivity contribution in [2.45, 2.75) is 0 Å². The van der Waals surface area contributed by atoms with Crippen molar-refractivity contribution in [1.82, 2.24) is 10.6 Å². The number of benzene rings is 4. The lowest BCUT2D eigenvalue weighted by Crippen LogP contribution is -2.46. The van der Waals surface area contributed by atoms with Crippen LogP contribution in [-0.4, -0.2) is 66.3 Å². The minimum atomic E-state index is -0.162. The second kappa shape index (κ2) is 17.4. The van der Waals surface area contributed by atoms with Crippen LogP contribution < -0.4 is 48.7 Å². The summed E-state index contributed by atoms with van der Waals surface area (Å²) in [6.07, 6.45) is 0. The van der Waals surface area contributed by atoms with E-state index in [9.17, 15) is 0 Å². The molecule has 0 aliphatic carbocycles. The SMILES string of the molecule is NCCNCCOB(c1ccccc1)c1ccc(Oc2ccc(B(OCCNCCN)c3ccccc3)cc2)cc1. The number of nitrogens with two attached hydrogens (primary N) is 2. The fourth-order valence-corrected chi connectivity index (χ4v) is 4.53. The molecular formula is C32H40B2N4O3. The van der Waals surface area contributed by atoms with Gasteiger partial charge in [0.25, 0.3) is 0 Å². The van der Waals surface area contributed by atoms with Gasteiger partial charge in [-0.25, -0.2) is 0 Å². The highest BCUT2D eigenvalue weighted by molar-refractivity contribution is 6.80. The minimum absolute atomic E-state index is 0.162. The predicted octanol–water partition coefficient (Wildman–Crippen LogP) is 0.820. The summed E-state index contributed by atoms with van der Waals surface area (Å²) in [5, 5.41) is 6.56. The van der Waals surface area contributed by atoms with Crippen molar-refractivity contribution in [2.24, 2.45) is 11.5 Å². The Balaban J connectivity index is 1.40. The van der Waals surface area contributed by atoms with Gasteiger partial charge in [-0.05, 0) is 46.1 Å². The van der Waals surface area contributed by atoms with Crippen LogP contribution >= 0.6 is 0 Å². The van der Waals surface area contributed by atoms with Gasteiger partial charge in [0, 0.05) is 52.5 Å². The molecule has 0 radical (unpaired) electrons. The van der Waals surface area contributed by atoms with Crippen molar-refractivity contribution in [2.75, 3.05) is 52.5 Å². The van der Waals surface area contributed by atoms with Gasteiger partial charge in [-0.1, -0.05) is 84.9 Å². The molecule has 0 atom stereocenters. The normalized spacial score (nSPS) is 10.9. The molecular weight excluding hydrogens is 510 g/mol. The molecule has 0 unspecified atom stereocenters. The number of rotatable bonds is 18. The van der Waals surface area contributed by atoms with E-state index in [2.05, 4.69) is 59.2 Å². The fourth-order valence-electron chi connectivity index (χ4n) is 4.53. The molecule has 7 nitrogen and oxygen atoms in total. The van der Waals surface area contributed by atoms with Crippen LogP contribution in [0.2, 0.25) is 0 Å². The van der Waals surface area contributed by atoms with Crippen molar-refractivity contribution >= 4 is 35.7 Å². The molecule has 0 spiro atoms. The van der Waals surface area contributed by atoms with Gasteiger partial charge in [0.2, 0.25) is 0 Å². The lowest BCUT2D eigenvalue weighted by Gasteiger charge is -2.17. The van der Waals surface area contributed by atoms with E-state index in [1.807, 2.05) is 60.7 Å². The molecule has 4 rings (SSSR count). The van der Waals surface area contributed by atoms with Gasteiger partial charge < -0.3 is 36.1 Å². The number of ether oxygens (including phenoxy) is 1. The molecule has 0 amide bonds. The quantitative estimate of drug-likeness (QED) is 0.108. The number of nitrogens with one attached hydrogen (secondary N) is 2. The van der Waals surface area contributed by atoms with Crippen LogP contribution in [0.3, 0.4) is 0 Å². The van der Waals surface area contributed by atoms with Gasteiger partial charge in [0.1, 0.15) is 11.5 Å². The lowest BCUT2D eigenvalue weighted by molar-refractivity contribution is 0.329. The average molecular weight is 550 g/mol. The summed E-state index contributed by atoms with van der Waals surface area (Å²) in [5.41, 5.74) is 15.5. The van der Waals surface area contributed by atoms with Crippen LogP contribution in [-0.2, 0) is 9.31 Å². The summed E-state index contributed by atoms with van der Waals surface area (Å²) in [5.74, 6) is 1.53. The van der Waals surface area contributed by atoms with E-state index >= 15 is 0 Å². The lowest BCUT2D eigenvalue weighted by atomic mass is 9.55. The Hall–Kier alpha value is -3.43. The van der Waals surface area contributed by atoms with Crippen LogP contribution in [0.4, 0.5) is 0 Å². The van der Waals surface area contributed by atoms with Crippen LogP contribution in [0.25, 0.3) is 0 Å². The maximum absolute atomic E-state index is 6.27. The van der Waals surface area contributed by atoms with E-state index < -0.39 is 0 Å². The van der Waals surface area contributed by atoms with Gasteiger partial charge in [-0.15, -0.1) is 0 Å². The van der Waals surface area contributed by atoms with Gasteiger partial charge in [-0.3, -0.25) is 0 Å². The Labute approximate surface area is 244 Å². The van der Waals surface area contributed by atoms with Gasteiger partial charge >= 0.3 is 13.8 Å². The maximum atomic E-state index is 6.27. The molecule has 9 heteroatoms. The molecule has 41 heavy (non-hydrogen) atoms. The zero-order valence-corrected chi connectivity index (χ0v) is 23.6. The van der Waals surface area contributed by atoms with E-state index in [0.29, 0.717) is 26.3 Å². The Morgan fingerprint density at radius 3 is 1.20 bits per heavy atom. The van der Waals surface area contributed by atoms with Crippen LogP contribution in [0.5, 0.6) is 11.5 Å². The minimum Gasteiger partial charge on any atom is -0.457 e. The molecule has 0 aromatic heterocycles. The molecule has 0 aliphatic rings. The Kier molecular flexibility index (Phi) is 13.0. The smallest absolute Gasteiger partial charge is 0.361 e. The van der Waals surface area contributed by atoms with Crippen LogP contribution in [0.1, 0.15) is 0 Å². The fraction of sp³-hybridized carbons (Fsp3) is 0.250. The maximum Gasteiger partial charge on any atom is 0.361 e. The van der Waals surface area contributed by atoms with E-state index in [1.54, 1.807) is 0 Å². The van der Waals surface area contributed by atoms with E-state index in [1.165, 1.54) is 0 Å². The molecule has 4 aromatic rings. The second-order valence-electron chi connectivity index (χ2n) is 9.64. The molecule has 0 heterocycles. The summed E-state index contributed by atoms with van der Waals surface area (Å²) >= 11 is 0. The van der Waals surface area contributed by atoms with Gasteiger partial charge in [0.15, 0.2) is 0 Å². The first-order valence-electron chi connectivity index (χ1n) is 14.3. The zero-order valence-electron chi connectivity index (χ0n) is 23.6. The van der Waals surface area contributed by atoms with Crippen molar-refractivity contribution < 1.29 is 14.0 Å². The first-order chi connectivity index (χ1) is 20.3. The molecule has 0 bridgehead atoms. The summed E-state index contributed by atoms with van der Waals surface area (Å²) < 4.78 is 18.7. The van der Waals surface area contributed by atoms with Crippen molar-refractivity contribution in [1.29, 1.82) is 0 Å². The molecule has 0 saturated carbocycles.